The standard InChI is InChI=1S/C26H26ClF2N7O3/c1-4-22(37)34-11-15(8-16(34)12-39-3)36-25(31-2)23(24(30)38)18(33-36)6-5-14-7-19-20(9-17(14)27)35(13-32-19)21-10-26(21,28)29/h4,7,9,13,15-16,21,31H,1,8,10-12H2,2-3H3,(H2,30,38)/t15-,16+,21-/m0/s1. The maximum atomic E-state index is 13.6. The van der Waals surface area contributed by atoms with E-state index in [2.05, 4.69) is 33.8 Å². The summed E-state index contributed by atoms with van der Waals surface area (Å²) in [7, 11) is 3.19. The number of imidazole rings is 1. The van der Waals surface area contributed by atoms with Crippen LogP contribution >= 0.6 is 11.6 Å². The average Bonchev–Trinajstić information content (AvgIpc) is 3.28. The second-order valence-corrected chi connectivity index (χ2v) is 9.94. The van der Waals surface area contributed by atoms with E-state index in [9.17, 15) is 18.4 Å². The van der Waals surface area contributed by atoms with Gasteiger partial charge in [0, 0.05) is 32.7 Å². The number of methoxy groups -OCH3 is 1. The van der Waals surface area contributed by atoms with Crippen LogP contribution in [-0.4, -0.2) is 75.3 Å². The van der Waals surface area contributed by atoms with Crippen LogP contribution in [0.25, 0.3) is 11.0 Å². The van der Waals surface area contributed by atoms with Crippen molar-refractivity contribution in [3.8, 4) is 11.8 Å². The molecule has 2 amide bonds. The van der Waals surface area contributed by atoms with Crippen LogP contribution in [0.15, 0.2) is 31.1 Å². The molecule has 0 radical (unpaired) electrons. The predicted octanol–water partition coefficient (Wildman–Crippen LogP) is 2.98. The van der Waals surface area contributed by atoms with E-state index < -0.39 is 17.9 Å². The molecule has 1 aromatic carbocycles. The van der Waals surface area contributed by atoms with Crippen molar-refractivity contribution in [3.63, 3.8) is 0 Å². The molecule has 1 saturated heterocycles. The molecule has 10 nitrogen and oxygen atoms in total. The minimum Gasteiger partial charge on any atom is -0.383 e. The molecule has 3 aromatic rings. The summed E-state index contributed by atoms with van der Waals surface area (Å²) in [4.78, 5) is 30.8. The van der Waals surface area contributed by atoms with Gasteiger partial charge in [0.1, 0.15) is 17.4 Å². The van der Waals surface area contributed by atoms with Gasteiger partial charge in [-0.25, -0.2) is 18.4 Å². The Morgan fingerprint density at radius 2 is 2.13 bits per heavy atom. The fourth-order valence-electron chi connectivity index (χ4n) is 5.09. The van der Waals surface area contributed by atoms with Crippen molar-refractivity contribution in [2.75, 3.05) is 32.6 Å². The Balaban J connectivity index is 1.51. The molecule has 3 heterocycles. The Hall–Kier alpha value is -3.95. The lowest BCUT2D eigenvalue weighted by atomic mass is 10.1. The van der Waals surface area contributed by atoms with Gasteiger partial charge in [-0.3, -0.25) is 9.59 Å². The van der Waals surface area contributed by atoms with Gasteiger partial charge in [0.05, 0.1) is 41.1 Å². The quantitative estimate of drug-likeness (QED) is 0.340. The zero-order valence-electron chi connectivity index (χ0n) is 21.2. The van der Waals surface area contributed by atoms with E-state index in [1.165, 1.54) is 17.0 Å². The Morgan fingerprint density at radius 3 is 2.74 bits per heavy atom. The fourth-order valence-corrected chi connectivity index (χ4v) is 5.29. The topological polar surface area (TPSA) is 120 Å². The minimum absolute atomic E-state index is 0.0965. The number of likely N-dealkylation sites (tertiary alicyclic amines) is 1. The largest absolute Gasteiger partial charge is 0.383 e. The van der Waals surface area contributed by atoms with Crippen LogP contribution < -0.4 is 11.1 Å². The van der Waals surface area contributed by atoms with Crippen LogP contribution in [0.3, 0.4) is 0 Å². The number of aromatic nitrogens is 4. The molecular formula is C26H26ClF2N7O3. The van der Waals surface area contributed by atoms with E-state index in [1.807, 2.05) is 0 Å². The Bertz CT molecular complexity index is 1550. The highest BCUT2D eigenvalue weighted by Crippen LogP contribution is 2.53. The summed E-state index contributed by atoms with van der Waals surface area (Å²) in [5.41, 5.74) is 7.27. The number of amides is 2. The summed E-state index contributed by atoms with van der Waals surface area (Å²) in [6.07, 6.45) is 2.91. The van der Waals surface area contributed by atoms with Crippen molar-refractivity contribution in [1.29, 1.82) is 0 Å². The van der Waals surface area contributed by atoms with Crippen molar-refractivity contribution in [2.45, 2.75) is 36.9 Å². The van der Waals surface area contributed by atoms with Crippen molar-refractivity contribution in [2.24, 2.45) is 5.73 Å². The average molecular weight is 558 g/mol. The zero-order valence-corrected chi connectivity index (χ0v) is 22.0. The molecule has 2 aliphatic rings. The number of primary amides is 1. The van der Waals surface area contributed by atoms with Crippen molar-refractivity contribution >= 4 is 40.3 Å². The first kappa shape index (κ1) is 26.6. The van der Waals surface area contributed by atoms with Crippen molar-refractivity contribution in [3.05, 3.63) is 53.0 Å². The van der Waals surface area contributed by atoms with E-state index in [1.54, 1.807) is 35.9 Å². The second kappa shape index (κ2) is 9.98. The zero-order chi connectivity index (χ0) is 28.1. The number of fused-ring (bicyclic) bond motifs is 1. The van der Waals surface area contributed by atoms with Gasteiger partial charge >= 0.3 is 0 Å². The summed E-state index contributed by atoms with van der Waals surface area (Å²) in [6.45, 7) is 4.23. The Morgan fingerprint density at radius 1 is 1.38 bits per heavy atom. The molecule has 0 bridgehead atoms. The molecule has 0 spiro atoms. The molecule has 13 heteroatoms. The number of anilines is 1. The monoisotopic (exact) mass is 557 g/mol. The highest BCUT2D eigenvalue weighted by molar-refractivity contribution is 6.32. The Labute approximate surface area is 227 Å². The number of hydrogen-bond acceptors (Lipinski definition) is 6. The van der Waals surface area contributed by atoms with Gasteiger partial charge in [-0.1, -0.05) is 24.1 Å². The molecule has 2 aromatic heterocycles. The molecule has 3 atom stereocenters. The molecule has 204 valence electrons. The van der Waals surface area contributed by atoms with E-state index in [4.69, 9.17) is 22.1 Å². The number of nitrogens with zero attached hydrogens (tertiary/aromatic N) is 5. The number of rotatable bonds is 7. The number of alkyl halides is 2. The van der Waals surface area contributed by atoms with Gasteiger partial charge in [-0.2, -0.15) is 5.10 Å². The molecule has 1 aliphatic carbocycles. The van der Waals surface area contributed by atoms with Gasteiger partial charge in [0.2, 0.25) is 5.91 Å². The van der Waals surface area contributed by atoms with Crippen molar-refractivity contribution < 1.29 is 23.1 Å². The smallest absolute Gasteiger partial charge is 0.270 e. The molecule has 1 saturated carbocycles. The first-order chi connectivity index (χ1) is 18.6. The van der Waals surface area contributed by atoms with Crippen LogP contribution in [0.5, 0.6) is 0 Å². The van der Waals surface area contributed by atoms with Crippen molar-refractivity contribution in [1.82, 2.24) is 24.2 Å². The normalized spacial score (nSPS) is 21.5. The van der Waals surface area contributed by atoms with Crippen LogP contribution in [0.2, 0.25) is 5.02 Å². The van der Waals surface area contributed by atoms with Gasteiger partial charge in [-0.05, 0) is 30.6 Å². The molecule has 39 heavy (non-hydrogen) atoms. The number of benzene rings is 1. The molecule has 3 N–H and O–H groups in total. The number of ether oxygens (including phenoxy) is 1. The summed E-state index contributed by atoms with van der Waals surface area (Å²) in [5.74, 6) is 2.46. The number of carbonyl (C=O) groups is 2. The van der Waals surface area contributed by atoms with E-state index >= 15 is 0 Å². The van der Waals surface area contributed by atoms with E-state index in [0.717, 1.165) is 0 Å². The Kier molecular flexibility index (Phi) is 6.82. The first-order valence-corrected chi connectivity index (χ1v) is 12.5. The maximum absolute atomic E-state index is 13.6. The lowest BCUT2D eigenvalue weighted by Crippen LogP contribution is -2.37. The van der Waals surface area contributed by atoms with Gasteiger partial charge in [0.15, 0.2) is 5.69 Å². The summed E-state index contributed by atoms with van der Waals surface area (Å²) in [5, 5.41) is 7.81. The second-order valence-electron chi connectivity index (χ2n) is 9.53. The lowest BCUT2D eigenvalue weighted by molar-refractivity contribution is -0.127. The van der Waals surface area contributed by atoms with Crippen LogP contribution in [-0.2, 0) is 9.53 Å². The lowest BCUT2D eigenvalue weighted by Gasteiger charge is -2.22. The highest BCUT2D eigenvalue weighted by atomic mass is 35.5. The van der Waals surface area contributed by atoms with Crippen LogP contribution in [0.1, 0.15) is 46.5 Å². The fraction of sp³-hybridized carbons (Fsp3) is 0.385. The number of nitrogens with two attached hydrogens (primary N) is 1. The molecule has 0 unspecified atom stereocenters. The third kappa shape index (κ3) is 4.72. The van der Waals surface area contributed by atoms with Gasteiger partial charge in [-0.15, -0.1) is 0 Å². The van der Waals surface area contributed by atoms with E-state index in [0.29, 0.717) is 42.0 Å². The minimum atomic E-state index is -2.76. The summed E-state index contributed by atoms with van der Waals surface area (Å²) >= 11 is 6.45. The molecule has 1 aliphatic heterocycles. The number of nitrogens with one attached hydrogen (secondary N) is 1. The number of carbonyl (C=O) groups excluding carboxylic acids is 2. The highest BCUT2D eigenvalue weighted by Gasteiger charge is 2.58. The SMILES string of the molecule is C=CC(=O)N1C[C@@H](n2nc(C#Cc3cc4ncn([C@H]5CC5(F)F)c4cc3Cl)c(C(N)=O)c2NC)C[C@@H]1COC. The first-order valence-electron chi connectivity index (χ1n) is 12.2. The third-order valence-corrected chi connectivity index (χ3v) is 7.37. The van der Waals surface area contributed by atoms with Crippen LogP contribution in [0, 0.1) is 11.8 Å². The van der Waals surface area contributed by atoms with Gasteiger partial charge < -0.3 is 25.3 Å². The molecular weight excluding hydrogens is 532 g/mol. The molecule has 2 fully saturated rings. The van der Waals surface area contributed by atoms with Crippen LogP contribution in [0.4, 0.5) is 14.6 Å². The summed E-state index contributed by atoms with van der Waals surface area (Å²) in [6, 6.07) is 1.73. The number of hydrogen-bond donors (Lipinski definition) is 2. The predicted molar refractivity (Wildman–Crippen MR) is 141 cm³/mol. The van der Waals surface area contributed by atoms with Gasteiger partial charge in [0.25, 0.3) is 11.8 Å². The third-order valence-electron chi connectivity index (χ3n) is 7.06. The number of halogens is 3. The molecule has 5 rings (SSSR count). The maximum Gasteiger partial charge on any atom is 0.270 e. The van der Waals surface area contributed by atoms with E-state index in [-0.39, 0.29) is 40.7 Å². The summed E-state index contributed by atoms with van der Waals surface area (Å²) < 4.78 is 35.5.